The van der Waals surface area contributed by atoms with Crippen LogP contribution in [0.3, 0.4) is 0 Å². The predicted molar refractivity (Wildman–Crippen MR) is 98.9 cm³/mol. The number of aliphatic hydroxyl groups is 1. The molecule has 2 aromatic rings. The summed E-state index contributed by atoms with van der Waals surface area (Å²) in [6.45, 7) is 7.14. The minimum Gasteiger partial charge on any atom is -0.443 e. The van der Waals surface area contributed by atoms with Crippen LogP contribution < -0.4 is 10.2 Å². The molecule has 2 atom stereocenters. The summed E-state index contributed by atoms with van der Waals surface area (Å²) in [7, 11) is 1.58. The van der Waals surface area contributed by atoms with Gasteiger partial charge in [-0.15, -0.1) is 0 Å². The molecule has 2 aromatic heterocycles. The van der Waals surface area contributed by atoms with E-state index in [1.54, 1.807) is 40.8 Å². The molecule has 0 aromatic carbocycles. The maximum absolute atomic E-state index is 12.6. The normalized spacial score (nSPS) is 19.5. The molecule has 9 heteroatoms. The van der Waals surface area contributed by atoms with Crippen LogP contribution >= 0.6 is 0 Å². The highest BCUT2D eigenvalue weighted by molar-refractivity contribution is 6.00. The molecule has 27 heavy (non-hydrogen) atoms. The Kier molecular flexibility index (Phi) is 4.81. The second-order valence-electron chi connectivity index (χ2n) is 7.81. The zero-order valence-corrected chi connectivity index (χ0v) is 16.2. The van der Waals surface area contributed by atoms with Crippen LogP contribution in [0, 0.1) is 6.92 Å². The number of rotatable bonds is 3. The van der Waals surface area contributed by atoms with Crippen molar-refractivity contribution in [2.24, 2.45) is 0 Å². The van der Waals surface area contributed by atoms with E-state index in [1.165, 1.54) is 15.6 Å². The van der Waals surface area contributed by atoms with Gasteiger partial charge < -0.3 is 15.2 Å². The summed E-state index contributed by atoms with van der Waals surface area (Å²) in [6, 6.07) is 1.45. The summed E-state index contributed by atoms with van der Waals surface area (Å²) in [5.41, 5.74) is 0.625. The third kappa shape index (κ3) is 3.87. The minimum absolute atomic E-state index is 0.249. The Balaban J connectivity index is 1.93. The fraction of sp³-hybridized carbons (Fsp3) is 0.556. The molecule has 0 spiro atoms. The van der Waals surface area contributed by atoms with E-state index in [0.717, 1.165) is 6.42 Å². The molecule has 3 rings (SSSR count). The maximum atomic E-state index is 12.6. The SMILES string of the molecule is Cc1cc(N(C)C(=O)OC(C)(C)C)n2ncc(C(=O)NC3CC[C@H]3O)c2n1. The van der Waals surface area contributed by atoms with Crippen LogP contribution in [0.25, 0.3) is 5.65 Å². The Bertz CT molecular complexity index is 886. The Morgan fingerprint density at radius 1 is 1.37 bits per heavy atom. The zero-order chi connectivity index (χ0) is 19.9. The largest absolute Gasteiger partial charge is 0.443 e. The first-order valence-corrected chi connectivity index (χ1v) is 8.88. The van der Waals surface area contributed by atoms with Crippen molar-refractivity contribution < 1.29 is 19.4 Å². The van der Waals surface area contributed by atoms with Gasteiger partial charge in [-0.3, -0.25) is 9.69 Å². The number of aryl methyl sites for hydroxylation is 1. The number of hydrogen-bond donors (Lipinski definition) is 2. The fourth-order valence-electron chi connectivity index (χ4n) is 2.78. The number of nitrogens with one attached hydrogen (secondary N) is 1. The monoisotopic (exact) mass is 375 g/mol. The molecule has 1 unspecified atom stereocenters. The number of carbonyl (C=O) groups is 2. The third-order valence-corrected chi connectivity index (χ3v) is 4.39. The van der Waals surface area contributed by atoms with Crippen molar-refractivity contribution in [3.63, 3.8) is 0 Å². The smallest absolute Gasteiger partial charge is 0.415 e. The fourth-order valence-corrected chi connectivity index (χ4v) is 2.78. The molecule has 2 heterocycles. The van der Waals surface area contributed by atoms with Crippen LogP contribution in [-0.2, 0) is 4.74 Å². The van der Waals surface area contributed by atoms with E-state index in [1.807, 2.05) is 0 Å². The van der Waals surface area contributed by atoms with Gasteiger partial charge in [0.05, 0.1) is 18.3 Å². The van der Waals surface area contributed by atoms with Gasteiger partial charge in [-0.2, -0.15) is 9.61 Å². The van der Waals surface area contributed by atoms with E-state index < -0.39 is 17.8 Å². The average molecular weight is 375 g/mol. The number of aliphatic hydroxyl groups excluding tert-OH is 1. The number of ether oxygens (including phenoxy) is 1. The molecular formula is C18H25N5O4. The second kappa shape index (κ2) is 6.80. The van der Waals surface area contributed by atoms with Crippen LogP contribution in [0.15, 0.2) is 12.3 Å². The zero-order valence-electron chi connectivity index (χ0n) is 16.2. The molecule has 9 nitrogen and oxygen atoms in total. The number of nitrogens with zero attached hydrogens (tertiary/aromatic N) is 4. The molecule has 1 fully saturated rings. The van der Waals surface area contributed by atoms with Crippen molar-refractivity contribution in [1.82, 2.24) is 19.9 Å². The summed E-state index contributed by atoms with van der Waals surface area (Å²) in [5, 5.41) is 16.7. The summed E-state index contributed by atoms with van der Waals surface area (Å²) >= 11 is 0. The van der Waals surface area contributed by atoms with Crippen LogP contribution in [0.5, 0.6) is 0 Å². The van der Waals surface area contributed by atoms with Gasteiger partial charge in [0.15, 0.2) is 5.65 Å². The molecule has 0 saturated heterocycles. The first-order chi connectivity index (χ1) is 12.6. The molecule has 2 N–H and O–H groups in total. The van der Waals surface area contributed by atoms with Crippen molar-refractivity contribution in [2.45, 2.75) is 58.3 Å². The van der Waals surface area contributed by atoms with E-state index >= 15 is 0 Å². The lowest BCUT2D eigenvalue weighted by Crippen LogP contribution is -2.50. The molecule has 1 saturated carbocycles. The molecule has 0 radical (unpaired) electrons. The van der Waals surface area contributed by atoms with E-state index in [4.69, 9.17) is 4.74 Å². The standard InChI is InChI=1S/C18H25N5O4/c1-10-8-14(22(5)17(26)27-18(2,3)4)23-15(20-10)11(9-19-23)16(25)21-12-6-7-13(12)24/h8-9,12-13,24H,6-7H2,1-5H3,(H,21,25)/t12?,13-/m1/s1. The van der Waals surface area contributed by atoms with Crippen LogP contribution in [0.2, 0.25) is 0 Å². The lowest BCUT2D eigenvalue weighted by molar-refractivity contribution is 0.0448. The summed E-state index contributed by atoms with van der Waals surface area (Å²) in [5.74, 6) is 0.0900. The van der Waals surface area contributed by atoms with Gasteiger partial charge in [0, 0.05) is 18.8 Å². The number of anilines is 1. The number of hydrogen-bond acceptors (Lipinski definition) is 6. The van der Waals surface area contributed by atoms with E-state index in [9.17, 15) is 14.7 Å². The second-order valence-corrected chi connectivity index (χ2v) is 7.81. The Morgan fingerprint density at radius 2 is 2.07 bits per heavy atom. The van der Waals surface area contributed by atoms with Crippen molar-refractivity contribution >= 4 is 23.5 Å². The first kappa shape index (κ1) is 19.1. The van der Waals surface area contributed by atoms with Crippen LogP contribution in [0.1, 0.15) is 49.7 Å². The Morgan fingerprint density at radius 3 is 2.63 bits per heavy atom. The summed E-state index contributed by atoms with van der Waals surface area (Å²) in [4.78, 5) is 30.7. The molecule has 0 aliphatic heterocycles. The van der Waals surface area contributed by atoms with Gasteiger partial charge in [0.2, 0.25) is 0 Å². The Labute approximate surface area is 157 Å². The van der Waals surface area contributed by atoms with Gasteiger partial charge in [-0.25, -0.2) is 9.78 Å². The van der Waals surface area contributed by atoms with Crippen molar-refractivity contribution in [3.05, 3.63) is 23.5 Å². The van der Waals surface area contributed by atoms with E-state index in [-0.39, 0.29) is 17.5 Å². The lowest BCUT2D eigenvalue weighted by atomic mass is 9.89. The summed E-state index contributed by atoms with van der Waals surface area (Å²) in [6.07, 6.45) is 1.79. The van der Waals surface area contributed by atoms with E-state index in [2.05, 4.69) is 15.4 Å². The summed E-state index contributed by atoms with van der Waals surface area (Å²) < 4.78 is 6.84. The van der Waals surface area contributed by atoms with Crippen LogP contribution in [0.4, 0.5) is 10.6 Å². The minimum atomic E-state index is -0.634. The highest BCUT2D eigenvalue weighted by atomic mass is 16.6. The molecular weight excluding hydrogens is 350 g/mol. The highest BCUT2D eigenvalue weighted by Gasteiger charge is 2.31. The Hall–Kier alpha value is -2.68. The third-order valence-electron chi connectivity index (χ3n) is 4.39. The molecule has 1 aliphatic rings. The van der Waals surface area contributed by atoms with Gasteiger partial charge in [-0.05, 0) is 40.5 Å². The van der Waals surface area contributed by atoms with Gasteiger partial charge >= 0.3 is 6.09 Å². The van der Waals surface area contributed by atoms with E-state index in [0.29, 0.717) is 23.6 Å². The predicted octanol–water partition coefficient (Wildman–Crippen LogP) is 1.66. The van der Waals surface area contributed by atoms with Crippen molar-refractivity contribution in [1.29, 1.82) is 0 Å². The van der Waals surface area contributed by atoms with Gasteiger partial charge in [0.1, 0.15) is 17.0 Å². The van der Waals surface area contributed by atoms with Crippen LogP contribution in [-0.4, -0.2) is 56.5 Å². The lowest BCUT2D eigenvalue weighted by Gasteiger charge is -2.32. The molecule has 2 amide bonds. The number of aromatic nitrogens is 3. The quantitative estimate of drug-likeness (QED) is 0.844. The van der Waals surface area contributed by atoms with Gasteiger partial charge in [0.25, 0.3) is 5.91 Å². The average Bonchev–Trinajstić information content (AvgIpc) is 2.98. The number of amides is 2. The van der Waals surface area contributed by atoms with Crippen molar-refractivity contribution in [2.75, 3.05) is 11.9 Å². The van der Waals surface area contributed by atoms with Crippen molar-refractivity contribution in [3.8, 4) is 0 Å². The first-order valence-electron chi connectivity index (χ1n) is 8.88. The molecule has 1 aliphatic carbocycles. The molecule has 0 bridgehead atoms. The maximum Gasteiger partial charge on any atom is 0.415 e. The molecule has 146 valence electrons. The van der Waals surface area contributed by atoms with Gasteiger partial charge in [-0.1, -0.05) is 0 Å². The number of fused-ring (bicyclic) bond motifs is 1. The highest BCUT2D eigenvalue weighted by Crippen LogP contribution is 2.23. The topological polar surface area (TPSA) is 109 Å². The number of carbonyl (C=O) groups excluding carboxylic acids is 2.